The Morgan fingerprint density at radius 2 is 2.22 bits per heavy atom. The van der Waals surface area contributed by atoms with Gasteiger partial charge >= 0.3 is 6.09 Å². The molecule has 23 heavy (non-hydrogen) atoms. The van der Waals surface area contributed by atoms with Crippen LogP contribution in [-0.4, -0.2) is 46.0 Å². The number of aryl methyl sites for hydroxylation is 1. The van der Waals surface area contributed by atoms with Gasteiger partial charge in [0.15, 0.2) is 0 Å². The summed E-state index contributed by atoms with van der Waals surface area (Å²) < 4.78 is 7.20. The minimum Gasteiger partial charge on any atom is -0.444 e. The fourth-order valence-electron chi connectivity index (χ4n) is 2.72. The highest BCUT2D eigenvalue weighted by Gasteiger charge is 2.28. The first kappa shape index (κ1) is 17.8. The summed E-state index contributed by atoms with van der Waals surface area (Å²) in [7, 11) is 3.99. The van der Waals surface area contributed by atoms with Crippen molar-refractivity contribution in [3.63, 3.8) is 0 Å². The van der Waals surface area contributed by atoms with E-state index in [0.717, 1.165) is 25.4 Å². The van der Waals surface area contributed by atoms with E-state index >= 15 is 0 Å². The Morgan fingerprint density at radius 1 is 1.52 bits per heavy atom. The van der Waals surface area contributed by atoms with Crippen molar-refractivity contribution in [3.05, 3.63) is 18.0 Å². The molecule has 0 aliphatic heterocycles. The number of hydrogen-bond acceptors (Lipinski definition) is 4. The van der Waals surface area contributed by atoms with Crippen molar-refractivity contribution in [2.45, 2.75) is 58.2 Å². The second kappa shape index (κ2) is 7.34. The molecule has 1 saturated carbocycles. The van der Waals surface area contributed by atoms with Crippen LogP contribution in [0.3, 0.4) is 0 Å². The number of likely N-dealkylation sites (N-methyl/N-ethyl adjacent to an activating group) is 1. The summed E-state index contributed by atoms with van der Waals surface area (Å²) in [6, 6.07) is 0.124. The molecule has 1 aromatic heterocycles. The van der Waals surface area contributed by atoms with E-state index in [-0.39, 0.29) is 12.1 Å². The first-order valence-electron chi connectivity index (χ1n) is 8.37. The van der Waals surface area contributed by atoms with Gasteiger partial charge in [-0.15, -0.1) is 0 Å². The summed E-state index contributed by atoms with van der Waals surface area (Å²) in [5.74, 6) is 0.752. The van der Waals surface area contributed by atoms with E-state index in [9.17, 15) is 4.79 Å². The van der Waals surface area contributed by atoms with Crippen molar-refractivity contribution in [2.75, 3.05) is 13.6 Å². The summed E-state index contributed by atoms with van der Waals surface area (Å²) in [6.45, 7) is 7.29. The maximum absolute atomic E-state index is 12.0. The molecule has 0 spiro atoms. The van der Waals surface area contributed by atoms with Crippen molar-refractivity contribution in [2.24, 2.45) is 13.0 Å². The molecule has 1 amide bonds. The van der Waals surface area contributed by atoms with Crippen LogP contribution in [0, 0.1) is 5.92 Å². The lowest BCUT2D eigenvalue weighted by atomic mass is 10.1. The Bertz CT molecular complexity index is 517. The third kappa shape index (κ3) is 7.03. The molecule has 0 saturated heterocycles. The predicted octanol–water partition coefficient (Wildman–Crippen LogP) is 2.55. The van der Waals surface area contributed by atoms with Crippen LogP contribution in [0.15, 0.2) is 12.4 Å². The number of amides is 1. The number of carbonyl (C=O) groups is 1. The van der Waals surface area contributed by atoms with Crippen LogP contribution in [-0.2, 0) is 18.3 Å². The van der Waals surface area contributed by atoms with Gasteiger partial charge in [0.25, 0.3) is 0 Å². The first-order valence-corrected chi connectivity index (χ1v) is 8.37. The predicted molar refractivity (Wildman–Crippen MR) is 90.0 cm³/mol. The van der Waals surface area contributed by atoms with Crippen LogP contribution in [0.25, 0.3) is 0 Å². The van der Waals surface area contributed by atoms with E-state index in [1.54, 1.807) is 0 Å². The van der Waals surface area contributed by atoms with Crippen molar-refractivity contribution in [1.29, 1.82) is 0 Å². The molecule has 1 N–H and O–H groups in total. The minimum absolute atomic E-state index is 0.124. The highest BCUT2D eigenvalue weighted by atomic mass is 16.6. The van der Waals surface area contributed by atoms with E-state index in [4.69, 9.17) is 4.74 Å². The van der Waals surface area contributed by atoms with Crippen LogP contribution >= 0.6 is 0 Å². The van der Waals surface area contributed by atoms with Crippen molar-refractivity contribution < 1.29 is 9.53 Å². The number of hydrogen-bond donors (Lipinski definition) is 1. The van der Waals surface area contributed by atoms with Gasteiger partial charge in [0, 0.05) is 37.9 Å². The molecule has 1 unspecified atom stereocenters. The molecule has 1 heterocycles. The molecule has 1 fully saturated rings. The standard InChI is InChI=1S/C17H30N4O2/c1-17(2,3)23-16(22)19-15(8-13-6-7-13)12-20(4)10-14-9-18-21(5)11-14/h9,11,13,15H,6-8,10,12H2,1-5H3,(H,19,22). The zero-order valence-electron chi connectivity index (χ0n) is 15.0. The van der Waals surface area contributed by atoms with E-state index in [2.05, 4.69) is 22.4 Å². The summed E-state index contributed by atoms with van der Waals surface area (Å²) in [6.07, 6.45) is 7.16. The smallest absolute Gasteiger partial charge is 0.407 e. The monoisotopic (exact) mass is 322 g/mol. The number of carbonyl (C=O) groups excluding carboxylic acids is 1. The van der Waals surface area contributed by atoms with E-state index in [1.165, 1.54) is 18.4 Å². The van der Waals surface area contributed by atoms with Gasteiger partial charge in [-0.25, -0.2) is 4.79 Å². The van der Waals surface area contributed by atoms with Crippen LogP contribution < -0.4 is 5.32 Å². The molecule has 1 atom stereocenters. The quantitative estimate of drug-likeness (QED) is 0.838. The minimum atomic E-state index is -0.462. The second-order valence-corrected chi connectivity index (χ2v) is 7.74. The SMILES string of the molecule is CN(Cc1cnn(C)c1)CC(CC1CC1)NC(=O)OC(C)(C)C. The third-order valence-electron chi connectivity index (χ3n) is 3.78. The fraction of sp³-hybridized carbons (Fsp3) is 0.765. The maximum Gasteiger partial charge on any atom is 0.407 e. The van der Waals surface area contributed by atoms with Crippen molar-refractivity contribution >= 4 is 6.09 Å². The van der Waals surface area contributed by atoms with Crippen LogP contribution in [0.2, 0.25) is 0 Å². The normalized spacial score (nSPS) is 16.4. The largest absolute Gasteiger partial charge is 0.444 e. The van der Waals surface area contributed by atoms with Gasteiger partial charge in [0.2, 0.25) is 0 Å². The maximum atomic E-state index is 12.0. The lowest BCUT2D eigenvalue weighted by Crippen LogP contribution is -2.44. The molecule has 130 valence electrons. The van der Waals surface area contributed by atoms with E-state index in [0.29, 0.717) is 0 Å². The fourth-order valence-corrected chi connectivity index (χ4v) is 2.72. The Hall–Kier alpha value is -1.56. The van der Waals surface area contributed by atoms with Gasteiger partial charge in [0.1, 0.15) is 5.60 Å². The first-order chi connectivity index (χ1) is 10.7. The summed E-state index contributed by atoms with van der Waals surface area (Å²) in [5, 5.41) is 7.24. The third-order valence-corrected chi connectivity index (χ3v) is 3.78. The zero-order valence-corrected chi connectivity index (χ0v) is 15.0. The van der Waals surface area contributed by atoms with Gasteiger partial charge < -0.3 is 10.1 Å². The Morgan fingerprint density at radius 3 is 2.74 bits per heavy atom. The molecule has 0 bridgehead atoms. The number of aromatic nitrogens is 2. The van der Waals surface area contributed by atoms with E-state index in [1.807, 2.05) is 44.9 Å². The number of alkyl carbamates (subject to hydrolysis) is 1. The van der Waals surface area contributed by atoms with Crippen molar-refractivity contribution in [3.8, 4) is 0 Å². The van der Waals surface area contributed by atoms with Gasteiger partial charge in [-0.1, -0.05) is 12.8 Å². The number of rotatable bonds is 7. The Labute approximate surface area is 139 Å². The molecule has 1 aromatic rings. The molecular weight excluding hydrogens is 292 g/mol. The molecule has 0 radical (unpaired) electrons. The summed E-state index contributed by atoms with van der Waals surface area (Å²) in [4.78, 5) is 14.3. The number of ether oxygens (including phenoxy) is 1. The van der Waals surface area contributed by atoms with Crippen LogP contribution in [0.4, 0.5) is 4.79 Å². The molecule has 1 aliphatic rings. The molecule has 6 nitrogen and oxygen atoms in total. The lowest BCUT2D eigenvalue weighted by Gasteiger charge is -2.27. The lowest BCUT2D eigenvalue weighted by molar-refractivity contribution is 0.0489. The average molecular weight is 322 g/mol. The molecule has 2 rings (SSSR count). The van der Waals surface area contributed by atoms with Gasteiger partial charge in [-0.3, -0.25) is 9.58 Å². The summed E-state index contributed by atoms with van der Waals surface area (Å²) >= 11 is 0. The van der Waals surface area contributed by atoms with Gasteiger partial charge in [0.05, 0.1) is 6.20 Å². The summed E-state index contributed by atoms with van der Waals surface area (Å²) in [5.41, 5.74) is 0.716. The highest BCUT2D eigenvalue weighted by molar-refractivity contribution is 5.68. The highest BCUT2D eigenvalue weighted by Crippen LogP contribution is 2.33. The molecule has 1 aliphatic carbocycles. The zero-order chi connectivity index (χ0) is 17.0. The van der Waals surface area contributed by atoms with E-state index < -0.39 is 5.60 Å². The van der Waals surface area contributed by atoms with Crippen molar-refractivity contribution in [1.82, 2.24) is 20.0 Å². The molecular formula is C17H30N4O2. The van der Waals surface area contributed by atoms with Crippen LogP contribution in [0.5, 0.6) is 0 Å². The van der Waals surface area contributed by atoms with Gasteiger partial charge in [-0.05, 0) is 40.2 Å². The number of nitrogens with one attached hydrogen (secondary N) is 1. The molecule has 6 heteroatoms. The Kier molecular flexibility index (Phi) is 5.68. The topological polar surface area (TPSA) is 59.4 Å². The number of nitrogens with zero attached hydrogens (tertiary/aromatic N) is 3. The average Bonchev–Trinajstić information content (AvgIpc) is 3.08. The van der Waals surface area contributed by atoms with Gasteiger partial charge in [-0.2, -0.15) is 5.10 Å². The van der Waals surface area contributed by atoms with Crippen LogP contribution in [0.1, 0.15) is 45.6 Å². The molecule has 0 aromatic carbocycles. The Balaban J connectivity index is 1.85. The second-order valence-electron chi connectivity index (χ2n) is 7.74.